The molecule has 1 amide bonds. The molecule has 0 aromatic heterocycles. The van der Waals surface area contributed by atoms with Gasteiger partial charge in [-0.05, 0) is 52.6 Å². The van der Waals surface area contributed by atoms with Gasteiger partial charge in [-0.25, -0.2) is 4.79 Å². The van der Waals surface area contributed by atoms with E-state index >= 15 is 0 Å². The molecule has 2 unspecified atom stereocenters. The number of amides is 1. The Labute approximate surface area is 142 Å². The highest BCUT2D eigenvalue weighted by Gasteiger charge is 2.38. The Bertz CT molecular complexity index is 763. The van der Waals surface area contributed by atoms with Crippen LogP contribution in [0, 0.1) is 5.41 Å². The SMILES string of the molecule is CC(C)(C)C1CC(c2ccc3cc(O)ccc3c2)CCN1C(=O)O. The number of nitrogens with zero attached hydrogens (tertiary/aromatic N) is 1. The van der Waals surface area contributed by atoms with E-state index < -0.39 is 6.09 Å². The van der Waals surface area contributed by atoms with E-state index in [-0.39, 0.29) is 17.2 Å². The molecule has 0 saturated carbocycles. The van der Waals surface area contributed by atoms with Crippen LogP contribution in [0.3, 0.4) is 0 Å². The van der Waals surface area contributed by atoms with Crippen LogP contribution in [0.1, 0.15) is 45.1 Å². The number of hydrogen-bond donors (Lipinski definition) is 2. The van der Waals surface area contributed by atoms with Gasteiger partial charge >= 0.3 is 6.09 Å². The molecule has 1 aliphatic rings. The number of fused-ring (bicyclic) bond motifs is 1. The van der Waals surface area contributed by atoms with Crippen molar-refractivity contribution in [3.05, 3.63) is 42.0 Å². The fraction of sp³-hybridized carbons (Fsp3) is 0.450. The van der Waals surface area contributed by atoms with Crippen molar-refractivity contribution in [2.24, 2.45) is 5.41 Å². The van der Waals surface area contributed by atoms with Gasteiger partial charge in [0.25, 0.3) is 0 Å². The minimum atomic E-state index is -0.817. The van der Waals surface area contributed by atoms with Crippen LogP contribution < -0.4 is 0 Å². The van der Waals surface area contributed by atoms with Gasteiger partial charge in [-0.15, -0.1) is 0 Å². The molecule has 24 heavy (non-hydrogen) atoms. The van der Waals surface area contributed by atoms with Crippen molar-refractivity contribution in [2.75, 3.05) is 6.54 Å². The molecule has 1 heterocycles. The summed E-state index contributed by atoms with van der Waals surface area (Å²) in [5, 5.41) is 21.2. The molecule has 0 radical (unpaired) electrons. The number of phenolic OH excluding ortho intramolecular Hbond substituents is 1. The van der Waals surface area contributed by atoms with Gasteiger partial charge in [-0.1, -0.05) is 45.0 Å². The van der Waals surface area contributed by atoms with E-state index in [9.17, 15) is 15.0 Å². The van der Waals surface area contributed by atoms with Crippen molar-refractivity contribution in [1.29, 1.82) is 0 Å². The summed E-state index contributed by atoms with van der Waals surface area (Å²) in [5.41, 5.74) is 1.17. The third-order valence-corrected chi connectivity index (χ3v) is 5.17. The second-order valence-electron chi connectivity index (χ2n) is 7.87. The molecular weight excluding hydrogens is 302 g/mol. The smallest absolute Gasteiger partial charge is 0.407 e. The zero-order valence-corrected chi connectivity index (χ0v) is 14.5. The number of piperidine rings is 1. The number of hydrogen-bond acceptors (Lipinski definition) is 2. The molecule has 0 bridgehead atoms. The average molecular weight is 327 g/mol. The predicted octanol–water partition coefficient (Wildman–Crippen LogP) is 4.82. The number of benzene rings is 2. The molecule has 2 atom stereocenters. The van der Waals surface area contributed by atoms with Crippen LogP contribution in [0.25, 0.3) is 10.8 Å². The Morgan fingerprint density at radius 2 is 1.79 bits per heavy atom. The summed E-state index contributed by atoms with van der Waals surface area (Å²) in [6, 6.07) is 11.8. The lowest BCUT2D eigenvalue weighted by atomic mass is 9.75. The van der Waals surface area contributed by atoms with Gasteiger partial charge in [0.2, 0.25) is 0 Å². The molecule has 1 aliphatic heterocycles. The number of aromatic hydroxyl groups is 1. The Morgan fingerprint density at radius 3 is 2.46 bits per heavy atom. The van der Waals surface area contributed by atoms with Gasteiger partial charge in [0.1, 0.15) is 5.75 Å². The minimum absolute atomic E-state index is 0.0178. The molecule has 0 spiro atoms. The summed E-state index contributed by atoms with van der Waals surface area (Å²) in [7, 11) is 0. The van der Waals surface area contributed by atoms with Crippen LogP contribution in [0.4, 0.5) is 4.79 Å². The Hall–Kier alpha value is -2.23. The van der Waals surface area contributed by atoms with E-state index in [2.05, 4.69) is 32.9 Å². The number of carboxylic acid groups (broad SMARTS) is 1. The highest BCUT2D eigenvalue weighted by molar-refractivity contribution is 5.84. The summed E-state index contributed by atoms with van der Waals surface area (Å²) in [5.74, 6) is 0.640. The molecular formula is C20H25NO3. The van der Waals surface area contributed by atoms with Gasteiger partial charge < -0.3 is 15.1 Å². The van der Waals surface area contributed by atoms with Crippen LogP contribution in [0.15, 0.2) is 36.4 Å². The summed E-state index contributed by atoms with van der Waals surface area (Å²) in [6.45, 7) is 6.91. The van der Waals surface area contributed by atoms with Crippen LogP contribution in [-0.4, -0.2) is 33.8 Å². The zero-order valence-electron chi connectivity index (χ0n) is 14.5. The first kappa shape index (κ1) is 16.6. The fourth-order valence-electron chi connectivity index (χ4n) is 3.82. The predicted molar refractivity (Wildman–Crippen MR) is 95.6 cm³/mol. The van der Waals surface area contributed by atoms with Crippen molar-refractivity contribution >= 4 is 16.9 Å². The fourth-order valence-corrected chi connectivity index (χ4v) is 3.82. The molecule has 1 saturated heterocycles. The topological polar surface area (TPSA) is 60.8 Å². The van der Waals surface area contributed by atoms with Crippen LogP contribution in [-0.2, 0) is 0 Å². The average Bonchev–Trinajstić information content (AvgIpc) is 2.53. The first-order valence-electron chi connectivity index (χ1n) is 8.48. The van der Waals surface area contributed by atoms with E-state index in [0.29, 0.717) is 12.5 Å². The van der Waals surface area contributed by atoms with Crippen molar-refractivity contribution in [2.45, 2.75) is 45.6 Å². The second kappa shape index (κ2) is 6.00. The van der Waals surface area contributed by atoms with Gasteiger partial charge in [0.15, 0.2) is 0 Å². The summed E-state index contributed by atoms with van der Waals surface area (Å²) < 4.78 is 0. The van der Waals surface area contributed by atoms with Crippen molar-refractivity contribution in [3.8, 4) is 5.75 Å². The quantitative estimate of drug-likeness (QED) is 0.789. The maximum absolute atomic E-state index is 11.6. The minimum Gasteiger partial charge on any atom is -0.508 e. The number of rotatable bonds is 1. The normalized spacial score (nSPS) is 21.9. The highest BCUT2D eigenvalue weighted by Crippen LogP contribution is 2.39. The second-order valence-corrected chi connectivity index (χ2v) is 7.87. The van der Waals surface area contributed by atoms with Gasteiger partial charge in [0.05, 0.1) is 0 Å². The lowest BCUT2D eigenvalue weighted by molar-refractivity contribution is 0.0526. The van der Waals surface area contributed by atoms with Crippen molar-refractivity contribution < 1.29 is 15.0 Å². The summed E-state index contributed by atoms with van der Waals surface area (Å²) in [6.07, 6.45) is 0.879. The van der Waals surface area contributed by atoms with Crippen LogP contribution in [0.5, 0.6) is 5.75 Å². The molecule has 4 nitrogen and oxygen atoms in total. The Morgan fingerprint density at radius 1 is 1.12 bits per heavy atom. The number of likely N-dealkylation sites (tertiary alicyclic amines) is 1. The van der Waals surface area contributed by atoms with Crippen LogP contribution in [0.2, 0.25) is 0 Å². The molecule has 2 aromatic rings. The zero-order chi connectivity index (χ0) is 17.5. The van der Waals surface area contributed by atoms with E-state index in [1.165, 1.54) is 5.56 Å². The molecule has 4 heteroatoms. The van der Waals surface area contributed by atoms with E-state index in [1.807, 2.05) is 12.1 Å². The lowest BCUT2D eigenvalue weighted by Crippen LogP contribution is -2.51. The molecule has 1 fully saturated rings. The molecule has 0 aliphatic carbocycles. The summed E-state index contributed by atoms with van der Waals surface area (Å²) >= 11 is 0. The lowest BCUT2D eigenvalue weighted by Gasteiger charge is -2.44. The van der Waals surface area contributed by atoms with Crippen LogP contribution >= 0.6 is 0 Å². The van der Waals surface area contributed by atoms with E-state index in [4.69, 9.17) is 0 Å². The molecule has 3 rings (SSSR count). The monoisotopic (exact) mass is 327 g/mol. The van der Waals surface area contributed by atoms with E-state index in [1.54, 1.807) is 17.0 Å². The Balaban J connectivity index is 1.90. The van der Waals surface area contributed by atoms with Crippen molar-refractivity contribution in [3.63, 3.8) is 0 Å². The maximum atomic E-state index is 11.6. The molecule has 2 N–H and O–H groups in total. The Kier molecular flexibility index (Phi) is 4.16. The first-order chi connectivity index (χ1) is 11.3. The van der Waals surface area contributed by atoms with Gasteiger partial charge in [-0.3, -0.25) is 0 Å². The van der Waals surface area contributed by atoms with Gasteiger partial charge in [0, 0.05) is 12.6 Å². The van der Waals surface area contributed by atoms with Crippen molar-refractivity contribution in [1.82, 2.24) is 4.90 Å². The largest absolute Gasteiger partial charge is 0.508 e. The summed E-state index contributed by atoms with van der Waals surface area (Å²) in [4.78, 5) is 13.2. The highest BCUT2D eigenvalue weighted by atomic mass is 16.4. The number of phenols is 1. The maximum Gasteiger partial charge on any atom is 0.407 e. The van der Waals surface area contributed by atoms with Gasteiger partial charge in [-0.2, -0.15) is 0 Å². The third kappa shape index (κ3) is 3.18. The third-order valence-electron chi connectivity index (χ3n) is 5.17. The molecule has 2 aromatic carbocycles. The molecule has 128 valence electrons. The number of carbonyl (C=O) groups is 1. The first-order valence-corrected chi connectivity index (χ1v) is 8.48. The van der Waals surface area contributed by atoms with E-state index in [0.717, 1.165) is 23.6 Å². The standard InChI is InChI=1S/C20H25NO3/c1-20(2,3)18-12-16(8-9-21(18)19(23)24)13-4-5-15-11-17(22)7-6-14(15)10-13/h4-7,10-11,16,18,22H,8-9,12H2,1-3H3,(H,23,24).